The van der Waals surface area contributed by atoms with E-state index < -0.39 is 0 Å². The lowest BCUT2D eigenvalue weighted by atomic mass is 10.3. The number of halogens is 1. The maximum atomic E-state index is 5.50. The van der Waals surface area contributed by atoms with Gasteiger partial charge in [0.2, 0.25) is 0 Å². The molecule has 0 aliphatic heterocycles. The third-order valence-corrected chi connectivity index (χ3v) is 1.22. The van der Waals surface area contributed by atoms with E-state index in [1.807, 2.05) is 6.92 Å². The van der Waals surface area contributed by atoms with Crippen LogP contribution >= 0.6 is 11.6 Å². The Labute approximate surface area is 56.4 Å². The van der Waals surface area contributed by atoms with Crippen molar-refractivity contribution in [1.82, 2.24) is 5.32 Å². The first-order chi connectivity index (χ1) is 3.66. The van der Waals surface area contributed by atoms with Gasteiger partial charge in [0.1, 0.15) is 0 Å². The lowest BCUT2D eigenvalue weighted by molar-refractivity contribution is 0.508. The van der Waals surface area contributed by atoms with Crippen molar-refractivity contribution >= 4 is 11.6 Å². The van der Waals surface area contributed by atoms with Crippen LogP contribution in [0, 0.1) is 0 Å². The lowest BCUT2D eigenvalue weighted by Gasteiger charge is -2.09. The van der Waals surface area contributed by atoms with Crippen LogP contribution in [0.5, 0.6) is 0 Å². The van der Waals surface area contributed by atoms with Gasteiger partial charge in [0.15, 0.2) is 0 Å². The van der Waals surface area contributed by atoms with Gasteiger partial charge in [-0.1, -0.05) is 0 Å². The minimum absolute atomic E-state index is 0.316. The molecule has 0 aromatic heterocycles. The molecule has 0 N–H and O–H groups in total. The van der Waals surface area contributed by atoms with Crippen LogP contribution in [0.25, 0.3) is 0 Å². The van der Waals surface area contributed by atoms with Crippen LogP contribution in [0.1, 0.15) is 20.8 Å². The molecule has 1 radical (unpaired) electrons. The van der Waals surface area contributed by atoms with Crippen LogP contribution in [0.2, 0.25) is 0 Å². The summed E-state index contributed by atoms with van der Waals surface area (Å²) in [4.78, 5) is 0. The monoisotopic (exact) mass is 134 g/mol. The third-order valence-electron chi connectivity index (χ3n) is 0.776. The molecule has 0 bridgehead atoms. The standard InChI is InChI=1S/C6H13ClN/c1-5(2)8-6(3)4-7/h5-6H,4H2,1-3H3. The normalized spacial score (nSPS) is 14.6. The Kier molecular flexibility index (Phi) is 4.29. The molecule has 0 saturated heterocycles. The summed E-state index contributed by atoms with van der Waals surface area (Å²) in [5, 5.41) is 4.26. The van der Waals surface area contributed by atoms with Gasteiger partial charge in [0.25, 0.3) is 0 Å². The zero-order valence-electron chi connectivity index (χ0n) is 5.69. The molecule has 1 unspecified atom stereocenters. The van der Waals surface area contributed by atoms with Gasteiger partial charge in [0, 0.05) is 18.0 Å². The van der Waals surface area contributed by atoms with E-state index in [1.165, 1.54) is 0 Å². The molecular weight excluding hydrogens is 122 g/mol. The number of hydrogen-bond acceptors (Lipinski definition) is 0. The fourth-order valence-electron chi connectivity index (χ4n) is 0.549. The molecule has 0 saturated carbocycles. The van der Waals surface area contributed by atoms with Crippen molar-refractivity contribution in [2.45, 2.75) is 32.9 Å². The Bertz CT molecular complexity index is 54.5. The first-order valence-electron chi connectivity index (χ1n) is 2.92. The van der Waals surface area contributed by atoms with Gasteiger partial charge in [-0.25, -0.2) is 5.32 Å². The van der Waals surface area contributed by atoms with Gasteiger partial charge in [-0.05, 0) is 20.8 Å². The van der Waals surface area contributed by atoms with Gasteiger partial charge < -0.3 is 0 Å². The second kappa shape index (κ2) is 4.16. The van der Waals surface area contributed by atoms with E-state index in [4.69, 9.17) is 11.6 Å². The molecule has 2 heteroatoms. The van der Waals surface area contributed by atoms with Crippen LogP contribution in [0.3, 0.4) is 0 Å². The van der Waals surface area contributed by atoms with E-state index in [1.54, 1.807) is 0 Å². The highest BCUT2D eigenvalue weighted by Crippen LogP contribution is 1.90. The fraction of sp³-hybridized carbons (Fsp3) is 1.00. The van der Waals surface area contributed by atoms with Gasteiger partial charge in [-0.2, -0.15) is 0 Å². The maximum absolute atomic E-state index is 5.50. The minimum atomic E-state index is 0.316. The molecule has 0 rings (SSSR count). The predicted molar refractivity (Wildman–Crippen MR) is 37.5 cm³/mol. The van der Waals surface area contributed by atoms with Crippen LogP contribution in [-0.4, -0.2) is 18.0 Å². The molecule has 1 atom stereocenters. The Morgan fingerprint density at radius 1 is 1.38 bits per heavy atom. The summed E-state index contributed by atoms with van der Waals surface area (Å²) >= 11 is 5.50. The van der Waals surface area contributed by atoms with E-state index in [2.05, 4.69) is 19.2 Å². The van der Waals surface area contributed by atoms with Crippen LogP contribution < -0.4 is 5.32 Å². The van der Waals surface area contributed by atoms with Gasteiger partial charge in [0.05, 0.1) is 0 Å². The molecule has 0 amide bonds. The smallest absolute Gasteiger partial charge is 0.0391 e. The average Bonchev–Trinajstić information content (AvgIpc) is 1.65. The summed E-state index contributed by atoms with van der Waals surface area (Å²) in [6, 6.07) is 0.736. The Balaban J connectivity index is 3.10. The topological polar surface area (TPSA) is 14.1 Å². The van der Waals surface area contributed by atoms with Crippen molar-refractivity contribution in [1.29, 1.82) is 0 Å². The Morgan fingerprint density at radius 3 is 2.00 bits per heavy atom. The highest BCUT2D eigenvalue weighted by Gasteiger charge is 2.00. The van der Waals surface area contributed by atoms with Crippen molar-refractivity contribution < 1.29 is 0 Å². The van der Waals surface area contributed by atoms with E-state index >= 15 is 0 Å². The first-order valence-corrected chi connectivity index (χ1v) is 3.46. The van der Waals surface area contributed by atoms with E-state index in [0.717, 1.165) is 0 Å². The second-order valence-corrected chi connectivity index (χ2v) is 2.55. The molecule has 8 heavy (non-hydrogen) atoms. The largest absolute Gasteiger partial charge is 0.235 e. The van der Waals surface area contributed by atoms with Crippen molar-refractivity contribution in [3.63, 3.8) is 0 Å². The summed E-state index contributed by atoms with van der Waals surface area (Å²) in [7, 11) is 0. The quantitative estimate of drug-likeness (QED) is 0.521. The van der Waals surface area contributed by atoms with Crippen LogP contribution in [0.4, 0.5) is 0 Å². The highest BCUT2D eigenvalue weighted by atomic mass is 35.5. The van der Waals surface area contributed by atoms with Crippen molar-refractivity contribution in [2.24, 2.45) is 0 Å². The molecule has 1 nitrogen and oxygen atoms in total. The van der Waals surface area contributed by atoms with E-state index in [0.29, 0.717) is 18.0 Å². The second-order valence-electron chi connectivity index (χ2n) is 2.25. The predicted octanol–water partition coefficient (Wildman–Crippen LogP) is 1.63. The zero-order valence-corrected chi connectivity index (χ0v) is 6.44. The van der Waals surface area contributed by atoms with Crippen molar-refractivity contribution in [2.75, 3.05) is 5.88 Å². The maximum Gasteiger partial charge on any atom is 0.0391 e. The molecule has 0 aromatic carbocycles. The number of hydrogen-bond donors (Lipinski definition) is 0. The number of alkyl halides is 1. The van der Waals surface area contributed by atoms with Crippen LogP contribution in [-0.2, 0) is 0 Å². The summed E-state index contributed by atoms with van der Waals surface area (Å²) < 4.78 is 0. The molecule has 0 fully saturated rings. The molecule has 0 heterocycles. The molecular formula is C6H13ClN. The molecule has 0 spiro atoms. The Hall–Kier alpha value is 0.250. The lowest BCUT2D eigenvalue weighted by Crippen LogP contribution is -2.25. The van der Waals surface area contributed by atoms with Crippen molar-refractivity contribution in [3.8, 4) is 0 Å². The Morgan fingerprint density at radius 2 is 1.88 bits per heavy atom. The minimum Gasteiger partial charge on any atom is -0.235 e. The summed E-state index contributed by atoms with van der Waals surface area (Å²) in [5.74, 6) is 0.637. The summed E-state index contributed by atoms with van der Waals surface area (Å²) in [6.07, 6.45) is 0. The molecule has 0 aliphatic rings. The average molecular weight is 135 g/mol. The van der Waals surface area contributed by atoms with Crippen molar-refractivity contribution in [3.05, 3.63) is 0 Å². The van der Waals surface area contributed by atoms with Crippen LogP contribution in [0.15, 0.2) is 0 Å². The SMILES string of the molecule is CC(C)[N]C(C)CCl. The zero-order chi connectivity index (χ0) is 6.57. The third kappa shape index (κ3) is 4.41. The molecule has 49 valence electrons. The fourth-order valence-corrected chi connectivity index (χ4v) is 0.628. The van der Waals surface area contributed by atoms with Gasteiger partial charge in [-0.15, -0.1) is 11.6 Å². The summed E-state index contributed by atoms with van der Waals surface area (Å²) in [6.45, 7) is 6.14. The number of rotatable bonds is 3. The van der Waals surface area contributed by atoms with Gasteiger partial charge in [-0.3, -0.25) is 0 Å². The number of nitrogens with zero attached hydrogens (tertiary/aromatic N) is 1. The van der Waals surface area contributed by atoms with E-state index in [-0.39, 0.29) is 0 Å². The first kappa shape index (κ1) is 8.25. The summed E-state index contributed by atoms with van der Waals surface area (Å²) in [5.41, 5.74) is 0. The highest BCUT2D eigenvalue weighted by molar-refractivity contribution is 6.18. The van der Waals surface area contributed by atoms with E-state index in [9.17, 15) is 0 Å². The van der Waals surface area contributed by atoms with Gasteiger partial charge >= 0.3 is 0 Å². The molecule has 0 aromatic rings. The molecule has 0 aliphatic carbocycles.